The highest BCUT2D eigenvalue weighted by atomic mass is 19.4. The smallest absolute Gasteiger partial charge is 0.405 e. The maximum atomic E-state index is 15.0. The lowest BCUT2D eigenvalue weighted by atomic mass is 9.69. The van der Waals surface area contributed by atoms with Crippen LogP contribution < -0.4 is 25.8 Å². The second-order valence-electron chi connectivity index (χ2n) is 9.56. The number of carbonyl (C=O) groups is 2. The topological polar surface area (TPSA) is 82.7 Å². The summed E-state index contributed by atoms with van der Waals surface area (Å²) in [6, 6.07) is 10.1. The molecule has 3 aliphatic rings. The molecule has 0 saturated heterocycles. The molecular weight excluding hydrogens is 480 g/mol. The monoisotopic (exact) mass is 506 g/mol. The summed E-state index contributed by atoms with van der Waals surface area (Å²) in [6.07, 6.45) is -3.19. The molecule has 11 heteroatoms. The molecule has 1 aliphatic carbocycles. The highest BCUT2D eigenvalue weighted by Crippen LogP contribution is 2.51. The summed E-state index contributed by atoms with van der Waals surface area (Å²) >= 11 is 0. The average molecular weight is 507 g/mol. The number of halogens is 4. The fourth-order valence-corrected chi connectivity index (χ4v) is 5.45. The van der Waals surface area contributed by atoms with Gasteiger partial charge >= 0.3 is 6.18 Å². The van der Waals surface area contributed by atoms with E-state index in [0.717, 1.165) is 16.2 Å². The van der Waals surface area contributed by atoms with Crippen molar-refractivity contribution < 1.29 is 31.9 Å². The minimum atomic E-state index is -4.57. The van der Waals surface area contributed by atoms with Crippen molar-refractivity contribution in [2.75, 3.05) is 23.4 Å². The van der Waals surface area contributed by atoms with E-state index in [9.17, 15) is 22.8 Å². The van der Waals surface area contributed by atoms with Crippen LogP contribution >= 0.6 is 0 Å². The third-order valence-corrected chi connectivity index (χ3v) is 7.21. The number of hydrogen-bond donors (Lipinski definition) is 3. The first kappa shape index (κ1) is 24.4. The van der Waals surface area contributed by atoms with Crippen molar-refractivity contribution in [2.45, 2.75) is 56.3 Å². The van der Waals surface area contributed by atoms with Gasteiger partial charge in [0.25, 0.3) is 0 Å². The van der Waals surface area contributed by atoms with E-state index in [1.54, 1.807) is 5.32 Å². The van der Waals surface area contributed by atoms with E-state index in [1.165, 1.54) is 18.2 Å². The van der Waals surface area contributed by atoms with Gasteiger partial charge in [0.2, 0.25) is 11.8 Å². The Hall–Kier alpha value is -3.34. The Morgan fingerprint density at radius 2 is 1.97 bits per heavy atom. The molecule has 5 rings (SSSR count). The normalized spacial score (nSPS) is 24.9. The molecule has 36 heavy (non-hydrogen) atoms. The number of amides is 2. The fraction of sp³-hybridized carbons (Fsp3) is 0.440. The van der Waals surface area contributed by atoms with E-state index >= 15 is 4.39 Å². The van der Waals surface area contributed by atoms with Gasteiger partial charge in [-0.1, -0.05) is 6.07 Å². The van der Waals surface area contributed by atoms with Crippen molar-refractivity contribution in [1.29, 1.82) is 0 Å². The van der Waals surface area contributed by atoms with Gasteiger partial charge in [0.15, 0.2) is 0 Å². The lowest BCUT2D eigenvalue weighted by molar-refractivity contribution is -0.138. The van der Waals surface area contributed by atoms with Crippen LogP contribution in [-0.4, -0.2) is 37.2 Å². The number of rotatable bonds is 5. The van der Waals surface area contributed by atoms with Gasteiger partial charge in [0.05, 0.1) is 28.9 Å². The second-order valence-corrected chi connectivity index (χ2v) is 9.56. The van der Waals surface area contributed by atoms with Crippen LogP contribution in [-0.2, 0) is 15.0 Å². The van der Waals surface area contributed by atoms with Crippen molar-refractivity contribution in [2.24, 2.45) is 0 Å². The number of carbonyl (C=O) groups excluding carboxylic acids is 2. The summed E-state index contributed by atoms with van der Waals surface area (Å²) < 4.78 is 58.7. The molecule has 1 fully saturated rings. The number of nitrogens with one attached hydrogen (secondary N) is 3. The molecule has 2 aromatic rings. The number of anilines is 2. The molecule has 0 radical (unpaired) electrons. The van der Waals surface area contributed by atoms with E-state index in [0.29, 0.717) is 31.4 Å². The number of hydrazine groups is 1. The summed E-state index contributed by atoms with van der Waals surface area (Å²) in [4.78, 5) is 26.9. The Balaban J connectivity index is 1.31. The maximum absolute atomic E-state index is 15.0. The molecule has 2 aromatic carbocycles. The Kier molecular flexibility index (Phi) is 6.06. The molecule has 1 saturated carbocycles. The highest BCUT2D eigenvalue weighted by molar-refractivity contribution is 6.10. The van der Waals surface area contributed by atoms with E-state index < -0.39 is 42.3 Å². The molecule has 1 unspecified atom stereocenters. The summed E-state index contributed by atoms with van der Waals surface area (Å²) in [6.45, 7) is -0.0795. The lowest BCUT2D eigenvalue weighted by Gasteiger charge is -2.36. The standard InChI is InChI=1S/C25H26F4N4O3/c1-14-17-11-16(5-6-19(17)32-31-14)36-15-7-9-24(10-8-15)22-18(26)3-2-4-20(22)33(23(24)35)12-21(34)30-13-25(27,28)29/h2-6,11,14-15,31-32H,7-10,12-13H2,1H3,(H,30,34). The number of fused-ring (bicyclic) bond motifs is 3. The number of ether oxygens (including phenoxy) is 1. The SMILES string of the molecule is CC1NNc2ccc(OC3CCC4(CC3)C(=O)N(CC(=O)NCC(F)(F)F)c3cccc(F)c34)cc21. The molecule has 192 valence electrons. The molecule has 1 atom stereocenters. The van der Waals surface area contributed by atoms with Crippen LogP contribution in [0.1, 0.15) is 49.8 Å². The average Bonchev–Trinajstić information content (AvgIpc) is 3.31. The van der Waals surface area contributed by atoms with Gasteiger partial charge in [-0.05, 0) is 68.5 Å². The zero-order chi connectivity index (χ0) is 25.7. The van der Waals surface area contributed by atoms with Crippen LogP contribution in [0.15, 0.2) is 36.4 Å². The zero-order valence-corrected chi connectivity index (χ0v) is 19.5. The summed E-state index contributed by atoms with van der Waals surface area (Å²) in [7, 11) is 0. The summed E-state index contributed by atoms with van der Waals surface area (Å²) in [5.74, 6) is -1.28. The largest absolute Gasteiger partial charge is 0.490 e. The molecule has 3 N–H and O–H groups in total. The summed E-state index contributed by atoms with van der Waals surface area (Å²) in [5, 5.41) is 1.78. The maximum Gasteiger partial charge on any atom is 0.405 e. The minimum absolute atomic E-state index is 0.132. The lowest BCUT2D eigenvalue weighted by Crippen LogP contribution is -2.48. The first-order valence-corrected chi connectivity index (χ1v) is 11.8. The van der Waals surface area contributed by atoms with Crippen LogP contribution in [0.3, 0.4) is 0 Å². The van der Waals surface area contributed by atoms with Gasteiger partial charge in [-0.25, -0.2) is 9.82 Å². The number of nitrogens with zero attached hydrogens (tertiary/aromatic N) is 1. The van der Waals surface area contributed by atoms with E-state index in [1.807, 2.05) is 25.1 Å². The van der Waals surface area contributed by atoms with Gasteiger partial charge in [-0.15, -0.1) is 0 Å². The first-order valence-electron chi connectivity index (χ1n) is 11.8. The zero-order valence-electron chi connectivity index (χ0n) is 19.5. The molecule has 2 amide bonds. The number of hydrogen-bond acceptors (Lipinski definition) is 5. The van der Waals surface area contributed by atoms with Gasteiger partial charge in [-0.2, -0.15) is 13.2 Å². The van der Waals surface area contributed by atoms with Gasteiger partial charge in [0, 0.05) is 5.56 Å². The van der Waals surface area contributed by atoms with Gasteiger partial charge in [-0.3, -0.25) is 9.59 Å². The molecule has 0 bridgehead atoms. The van der Waals surface area contributed by atoms with E-state index in [-0.39, 0.29) is 23.4 Å². The third kappa shape index (κ3) is 4.36. The van der Waals surface area contributed by atoms with Crippen molar-refractivity contribution in [3.63, 3.8) is 0 Å². The van der Waals surface area contributed by atoms with Crippen LogP contribution in [0.2, 0.25) is 0 Å². The minimum Gasteiger partial charge on any atom is -0.490 e. The second kappa shape index (κ2) is 8.95. The Labute approximate surface area is 205 Å². The molecule has 1 spiro atoms. The Morgan fingerprint density at radius 1 is 1.22 bits per heavy atom. The highest BCUT2D eigenvalue weighted by Gasteiger charge is 2.54. The molecule has 2 aliphatic heterocycles. The third-order valence-electron chi connectivity index (χ3n) is 7.21. The van der Waals surface area contributed by atoms with E-state index in [4.69, 9.17) is 4.74 Å². The van der Waals surface area contributed by atoms with Gasteiger partial charge < -0.3 is 20.4 Å². The van der Waals surface area contributed by atoms with Crippen LogP contribution in [0.25, 0.3) is 0 Å². The Bertz CT molecular complexity index is 1190. The summed E-state index contributed by atoms with van der Waals surface area (Å²) in [5.41, 5.74) is 7.57. The van der Waals surface area contributed by atoms with Crippen LogP contribution in [0, 0.1) is 5.82 Å². The Morgan fingerprint density at radius 3 is 2.69 bits per heavy atom. The van der Waals surface area contributed by atoms with Crippen LogP contribution in [0.5, 0.6) is 5.75 Å². The molecule has 7 nitrogen and oxygen atoms in total. The molecular formula is C25H26F4N4O3. The molecule has 0 aromatic heterocycles. The van der Waals surface area contributed by atoms with Crippen molar-refractivity contribution in [3.05, 3.63) is 53.3 Å². The molecule has 2 heterocycles. The predicted molar refractivity (Wildman–Crippen MR) is 124 cm³/mol. The fourth-order valence-electron chi connectivity index (χ4n) is 5.45. The van der Waals surface area contributed by atoms with Crippen LogP contribution in [0.4, 0.5) is 28.9 Å². The predicted octanol–water partition coefficient (Wildman–Crippen LogP) is 4.10. The number of alkyl halides is 3. The van der Waals surface area contributed by atoms with Crippen molar-refractivity contribution in [3.8, 4) is 5.75 Å². The quantitative estimate of drug-likeness (QED) is 0.532. The number of benzene rings is 2. The van der Waals surface area contributed by atoms with E-state index in [2.05, 4.69) is 10.9 Å². The van der Waals surface area contributed by atoms with Crippen molar-refractivity contribution >= 4 is 23.2 Å². The van der Waals surface area contributed by atoms with Crippen molar-refractivity contribution in [1.82, 2.24) is 10.7 Å². The van der Waals surface area contributed by atoms with Gasteiger partial charge in [0.1, 0.15) is 24.7 Å². The first-order chi connectivity index (χ1) is 17.1.